The van der Waals surface area contributed by atoms with Gasteiger partial charge in [0.05, 0.1) is 18.9 Å². The van der Waals surface area contributed by atoms with Crippen molar-refractivity contribution in [3.63, 3.8) is 0 Å². The number of aliphatic hydroxyl groups is 1. The number of rotatable bonds is 8. The van der Waals surface area contributed by atoms with Crippen LogP contribution in [0.3, 0.4) is 0 Å². The van der Waals surface area contributed by atoms with E-state index in [1.165, 1.54) is 12.3 Å². The van der Waals surface area contributed by atoms with E-state index in [9.17, 15) is 4.79 Å². The van der Waals surface area contributed by atoms with Crippen molar-refractivity contribution >= 4 is 5.97 Å². The molecule has 0 aromatic heterocycles. The van der Waals surface area contributed by atoms with E-state index in [4.69, 9.17) is 14.6 Å². The molecule has 0 rings (SSSR count). The maximum atomic E-state index is 11.0. The van der Waals surface area contributed by atoms with E-state index in [1.54, 1.807) is 6.92 Å². The zero-order chi connectivity index (χ0) is 12.4. The van der Waals surface area contributed by atoms with E-state index < -0.39 is 5.97 Å². The lowest BCUT2D eigenvalue weighted by molar-refractivity contribution is -0.137. The number of carbonyl (C=O) groups is 1. The normalized spacial score (nSPS) is 12.4. The summed E-state index contributed by atoms with van der Waals surface area (Å²) in [5.41, 5.74) is 0.863. The molecule has 0 saturated heterocycles. The number of aliphatic hydroxyl groups excluding tert-OH is 1. The summed E-state index contributed by atoms with van der Waals surface area (Å²) in [5.74, 6) is -0.426. The minimum absolute atomic E-state index is 0.120. The van der Waals surface area contributed by atoms with Gasteiger partial charge in [0.15, 0.2) is 0 Å². The van der Waals surface area contributed by atoms with E-state index >= 15 is 0 Å². The summed E-state index contributed by atoms with van der Waals surface area (Å²) in [4.78, 5) is 11.0. The van der Waals surface area contributed by atoms with Crippen LogP contribution < -0.4 is 0 Å². The molecule has 0 aromatic rings. The number of carbonyl (C=O) groups excluding carboxylic acids is 1. The molecule has 0 aliphatic rings. The highest BCUT2D eigenvalue weighted by molar-refractivity contribution is 5.81. The summed E-state index contributed by atoms with van der Waals surface area (Å²) in [6.07, 6.45) is 3.70. The Labute approximate surface area is 96.6 Å². The highest BCUT2D eigenvalue weighted by Gasteiger charge is 2.08. The van der Waals surface area contributed by atoms with Gasteiger partial charge in [-0.15, -0.1) is 0 Å². The largest absolute Gasteiger partial charge is 0.493 e. The molecular weight excluding hydrogens is 208 g/mol. The van der Waals surface area contributed by atoms with Gasteiger partial charge in [-0.25, -0.2) is 4.79 Å². The van der Waals surface area contributed by atoms with Crippen molar-refractivity contribution in [1.82, 2.24) is 0 Å². The van der Waals surface area contributed by atoms with Gasteiger partial charge in [-0.2, -0.15) is 0 Å². The topological polar surface area (TPSA) is 55.8 Å². The standard InChI is InChI=1S/C12H20O4/c1-4-15-12(14)7-9-16-11(10(2)3)6-5-8-13/h7,9,11,13H,2,4-6,8H2,1,3H3/b9-7+/t11-/m1/s1. The van der Waals surface area contributed by atoms with Crippen LogP contribution in [0.5, 0.6) is 0 Å². The molecule has 0 radical (unpaired) electrons. The lowest BCUT2D eigenvalue weighted by Gasteiger charge is -2.15. The predicted molar refractivity (Wildman–Crippen MR) is 61.8 cm³/mol. The number of esters is 1. The SMILES string of the molecule is C=C(C)[C@@H](CCCO)O/C=C/C(=O)OCC. The van der Waals surface area contributed by atoms with Gasteiger partial charge < -0.3 is 14.6 Å². The van der Waals surface area contributed by atoms with Crippen molar-refractivity contribution in [3.05, 3.63) is 24.5 Å². The summed E-state index contributed by atoms with van der Waals surface area (Å²) < 4.78 is 10.0. The summed E-state index contributed by atoms with van der Waals surface area (Å²) >= 11 is 0. The van der Waals surface area contributed by atoms with Crippen LogP contribution in [-0.4, -0.2) is 30.4 Å². The summed E-state index contributed by atoms with van der Waals surface area (Å²) in [6, 6.07) is 0. The average Bonchev–Trinajstić information content (AvgIpc) is 2.23. The predicted octanol–water partition coefficient (Wildman–Crippen LogP) is 1.80. The number of ether oxygens (including phenoxy) is 2. The second kappa shape index (κ2) is 8.97. The van der Waals surface area contributed by atoms with Crippen LogP contribution in [-0.2, 0) is 14.3 Å². The molecule has 0 amide bonds. The second-order valence-corrected chi connectivity index (χ2v) is 3.39. The lowest BCUT2D eigenvalue weighted by atomic mass is 10.1. The first-order valence-electron chi connectivity index (χ1n) is 5.36. The molecule has 0 fully saturated rings. The molecule has 0 saturated carbocycles. The van der Waals surface area contributed by atoms with Crippen LogP contribution in [0.15, 0.2) is 24.5 Å². The van der Waals surface area contributed by atoms with Gasteiger partial charge in [0.2, 0.25) is 0 Å². The Bertz CT molecular complexity index is 245. The average molecular weight is 228 g/mol. The molecule has 0 aliphatic heterocycles. The maximum Gasteiger partial charge on any atom is 0.333 e. The molecule has 0 aliphatic carbocycles. The van der Waals surface area contributed by atoms with Crippen LogP contribution in [0.4, 0.5) is 0 Å². The highest BCUT2D eigenvalue weighted by Crippen LogP contribution is 2.11. The Morgan fingerprint density at radius 1 is 1.56 bits per heavy atom. The second-order valence-electron chi connectivity index (χ2n) is 3.39. The fourth-order valence-electron chi connectivity index (χ4n) is 1.09. The molecule has 0 heterocycles. The van der Waals surface area contributed by atoms with Gasteiger partial charge in [0.1, 0.15) is 6.10 Å². The zero-order valence-electron chi connectivity index (χ0n) is 9.94. The molecular formula is C12H20O4. The first kappa shape index (κ1) is 14.7. The van der Waals surface area contributed by atoms with E-state index in [-0.39, 0.29) is 12.7 Å². The van der Waals surface area contributed by atoms with Crippen molar-refractivity contribution < 1.29 is 19.4 Å². The Morgan fingerprint density at radius 3 is 2.75 bits per heavy atom. The first-order chi connectivity index (χ1) is 7.61. The van der Waals surface area contributed by atoms with Crippen LogP contribution in [0.2, 0.25) is 0 Å². The molecule has 92 valence electrons. The van der Waals surface area contributed by atoms with Crippen LogP contribution in [0.1, 0.15) is 26.7 Å². The van der Waals surface area contributed by atoms with Crippen LogP contribution >= 0.6 is 0 Å². The third kappa shape index (κ3) is 7.06. The van der Waals surface area contributed by atoms with Gasteiger partial charge in [0, 0.05) is 6.61 Å². The molecule has 0 unspecified atom stereocenters. The highest BCUT2D eigenvalue weighted by atomic mass is 16.5. The van der Waals surface area contributed by atoms with Gasteiger partial charge in [0.25, 0.3) is 0 Å². The third-order valence-corrected chi connectivity index (χ3v) is 1.91. The Balaban J connectivity index is 4.00. The van der Waals surface area contributed by atoms with Crippen molar-refractivity contribution in [2.75, 3.05) is 13.2 Å². The van der Waals surface area contributed by atoms with E-state index in [0.29, 0.717) is 19.4 Å². The fourth-order valence-corrected chi connectivity index (χ4v) is 1.09. The van der Waals surface area contributed by atoms with Gasteiger partial charge >= 0.3 is 5.97 Å². The molecule has 4 nitrogen and oxygen atoms in total. The summed E-state index contributed by atoms with van der Waals surface area (Å²) in [5, 5.41) is 8.70. The maximum absolute atomic E-state index is 11.0. The molecule has 0 aromatic carbocycles. The number of hydrogen-bond donors (Lipinski definition) is 1. The summed E-state index contributed by atoms with van der Waals surface area (Å²) in [7, 11) is 0. The Kier molecular flexibility index (Phi) is 8.25. The minimum atomic E-state index is -0.426. The number of hydrogen-bond acceptors (Lipinski definition) is 4. The van der Waals surface area contributed by atoms with Crippen LogP contribution in [0.25, 0.3) is 0 Å². The van der Waals surface area contributed by atoms with Crippen LogP contribution in [0, 0.1) is 0 Å². The van der Waals surface area contributed by atoms with Crippen molar-refractivity contribution in [2.45, 2.75) is 32.8 Å². The summed E-state index contributed by atoms with van der Waals surface area (Å²) in [6.45, 7) is 7.84. The van der Waals surface area contributed by atoms with Crippen molar-refractivity contribution in [3.8, 4) is 0 Å². The van der Waals surface area contributed by atoms with E-state index in [1.807, 2.05) is 6.92 Å². The molecule has 0 spiro atoms. The molecule has 16 heavy (non-hydrogen) atoms. The Hall–Kier alpha value is -1.29. The zero-order valence-corrected chi connectivity index (χ0v) is 9.94. The van der Waals surface area contributed by atoms with Gasteiger partial charge in [-0.05, 0) is 32.3 Å². The fraction of sp³-hybridized carbons (Fsp3) is 0.583. The molecule has 4 heteroatoms. The van der Waals surface area contributed by atoms with Gasteiger partial charge in [-0.3, -0.25) is 0 Å². The molecule has 1 atom stereocenters. The van der Waals surface area contributed by atoms with Crippen molar-refractivity contribution in [2.24, 2.45) is 0 Å². The Morgan fingerprint density at radius 2 is 2.25 bits per heavy atom. The quantitative estimate of drug-likeness (QED) is 0.298. The molecule has 1 N–H and O–H groups in total. The van der Waals surface area contributed by atoms with Gasteiger partial charge in [-0.1, -0.05) is 6.58 Å². The third-order valence-electron chi connectivity index (χ3n) is 1.91. The monoisotopic (exact) mass is 228 g/mol. The lowest BCUT2D eigenvalue weighted by Crippen LogP contribution is -2.12. The van der Waals surface area contributed by atoms with Crippen molar-refractivity contribution in [1.29, 1.82) is 0 Å². The van der Waals surface area contributed by atoms with E-state index in [2.05, 4.69) is 6.58 Å². The van der Waals surface area contributed by atoms with E-state index in [0.717, 1.165) is 5.57 Å². The molecule has 0 bridgehead atoms. The smallest absolute Gasteiger partial charge is 0.333 e. The minimum Gasteiger partial charge on any atom is -0.493 e. The first-order valence-corrected chi connectivity index (χ1v) is 5.36.